The number of H-pyrrole nitrogens is 2. The highest BCUT2D eigenvalue weighted by Crippen LogP contribution is 2.21. The Kier molecular flexibility index (Phi) is 3.66. The van der Waals surface area contributed by atoms with Gasteiger partial charge in [0.25, 0.3) is 0 Å². The molecule has 6 heteroatoms. The topological polar surface area (TPSA) is 78.6 Å². The average molecular weight is 335 g/mol. The summed E-state index contributed by atoms with van der Waals surface area (Å²) in [6, 6.07) is 17.0. The van der Waals surface area contributed by atoms with Gasteiger partial charge in [0.15, 0.2) is 5.78 Å². The van der Waals surface area contributed by atoms with Crippen LogP contribution in [0.25, 0.3) is 21.9 Å². The summed E-state index contributed by atoms with van der Waals surface area (Å²) in [5.74, 6) is 0.296. The van der Waals surface area contributed by atoms with Gasteiger partial charge in [-0.15, -0.1) is 0 Å². The molecule has 0 aliphatic rings. The van der Waals surface area contributed by atoms with Crippen molar-refractivity contribution in [2.24, 2.45) is 0 Å². The lowest BCUT2D eigenvalue weighted by molar-refractivity contribution is 0.102. The Morgan fingerprint density at radius 2 is 1.83 bits per heavy atom. The standard InChI is InChI=1S/C18H13N3O2S/c22-16(12-5-7-14-15(9-12)21-18(23)20-14)10-24-17-8-6-11-3-1-2-4-13(11)19-17/h1-9H,10H2,(H2,20,21,23). The van der Waals surface area contributed by atoms with E-state index in [9.17, 15) is 9.59 Å². The Labute approximate surface area is 141 Å². The number of thioether (sulfide) groups is 1. The molecule has 0 bridgehead atoms. The third kappa shape index (κ3) is 2.83. The Morgan fingerprint density at radius 3 is 2.75 bits per heavy atom. The quantitative estimate of drug-likeness (QED) is 0.443. The molecule has 2 aromatic heterocycles. The zero-order valence-electron chi connectivity index (χ0n) is 12.6. The molecule has 2 heterocycles. The molecule has 0 saturated carbocycles. The number of aromatic amines is 2. The molecule has 2 aromatic carbocycles. The number of rotatable bonds is 4. The summed E-state index contributed by atoms with van der Waals surface area (Å²) in [4.78, 5) is 33.5. The van der Waals surface area contributed by atoms with Crippen LogP contribution in [0, 0.1) is 0 Å². The summed E-state index contributed by atoms with van der Waals surface area (Å²) in [5, 5.41) is 1.90. The summed E-state index contributed by atoms with van der Waals surface area (Å²) in [7, 11) is 0. The number of imidazole rings is 1. The summed E-state index contributed by atoms with van der Waals surface area (Å²) < 4.78 is 0. The molecule has 0 fully saturated rings. The van der Waals surface area contributed by atoms with Gasteiger partial charge in [0.2, 0.25) is 0 Å². The van der Waals surface area contributed by atoms with Gasteiger partial charge in [0, 0.05) is 10.9 Å². The van der Waals surface area contributed by atoms with Gasteiger partial charge in [0.1, 0.15) is 0 Å². The van der Waals surface area contributed by atoms with Crippen LogP contribution in [0.2, 0.25) is 0 Å². The maximum atomic E-state index is 12.4. The lowest BCUT2D eigenvalue weighted by Crippen LogP contribution is -2.02. The number of hydrogen-bond acceptors (Lipinski definition) is 4. The number of Topliss-reactive ketones (excluding diaryl/α,β-unsaturated/α-hetero) is 1. The van der Waals surface area contributed by atoms with Crippen LogP contribution in [0.4, 0.5) is 0 Å². The van der Waals surface area contributed by atoms with E-state index in [0.29, 0.717) is 22.3 Å². The highest BCUT2D eigenvalue weighted by molar-refractivity contribution is 7.99. The number of nitrogens with zero attached hydrogens (tertiary/aromatic N) is 1. The van der Waals surface area contributed by atoms with E-state index in [0.717, 1.165) is 15.9 Å². The second-order valence-corrected chi connectivity index (χ2v) is 6.39. The van der Waals surface area contributed by atoms with E-state index >= 15 is 0 Å². The summed E-state index contributed by atoms with van der Waals surface area (Å²) in [5.41, 5.74) is 2.55. The van der Waals surface area contributed by atoms with Gasteiger partial charge in [-0.2, -0.15) is 0 Å². The molecule has 0 amide bonds. The van der Waals surface area contributed by atoms with Gasteiger partial charge in [-0.3, -0.25) is 4.79 Å². The van der Waals surface area contributed by atoms with E-state index in [1.807, 2.05) is 36.4 Å². The number of ketones is 1. The molecule has 0 aliphatic carbocycles. The first-order chi connectivity index (χ1) is 11.7. The molecular formula is C18H13N3O2S. The van der Waals surface area contributed by atoms with Crippen LogP contribution in [-0.4, -0.2) is 26.5 Å². The normalized spacial score (nSPS) is 11.2. The van der Waals surface area contributed by atoms with Crippen molar-refractivity contribution in [1.29, 1.82) is 0 Å². The monoisotopic (exact) mass is 335 g/mol. The van der Waals surface area contributed by atoms with Gasteiger partial charge >= 0.3 is 5.69 Å². The van der Waals surface area contributed by atoms with E-state index in [2.05, 4.69) is 15.0 Å². The van der Waals surface area contributed by atoms with Crippen molar-refractivity contribution in [3.8, 4) is 0 Å². The van der Waals surface area contributed by atoms with Crippen molar-refractivity contribution in [2.45, 2.75) is 5.03 Å². The maximum Gasteiger partial charge on any atom is 0.323 e. The molecule has 5 nitrogen and oxygen atoms in total. The number of aromatic nitrogens is 3. The molecule has 2 N–H and O–H groups in total. The number of carbonyl (C=O) groups is 1. The first kappa shape index (κ1) is 14.7. The molecule has 0 radical (unpaired) electrons. The predicted octanol–water partition coefficient (Wildman–Crippen LogP) is 3.38. The summed E-state index contributed by atoms with van der Waals surface area (Å²) in [6.45, 7) is 0. The molecule has 118 valence electrons. The van der Waals surface area contributed by atoms with Crippen molar-refractivity contribution in [1.82, 2.24) is 15.0 Å². The van der Waals surface area contributed by atoms with Crippen LogP contribution in [0.3, 0.4) is 0 Å². The predicted molar refractivity (Wildman–Crippen MR) is 95.7 cm³/mol. The summed E-state index contributed by atoms with van der Waals surface area (Å²) >= 11 is 1.41. The molecule has 0 aliphatic heterocycles. The van der Waals surface area contributed by atoms with Crippen molar-refractivity contribution in [3.63, 3.8) is 0 Å². The fraction of sp³-hybridized carbons (Fsp3) is 0.0556. The van der Waals surface area contributed by atoms with Crippen LogP contribution in [0.15, 0.2) is 64.4 Å². The lowest BCUT2D eigenvalue weighted by atomic mass is 10.1. The van der Waals surface area contributed by atoms with E-state index in [4.69, 9.17) is 0 Å². The third-order valence-electron chi connectivity index (χ3n) is 3.76. The maximum absolute atomic E-state index is 12.4. The lowest BCUT2D eigenvalue weighted by Gasteiger charge is -2.03. The van der Waals surface area contributed by atoms with Gasteiger partial charge in [-0.1, -0.05) is 36.0 Å². The number of nitrogens with one attached hydrogen (secondary N) is 2. The Morgan fingerprint density at radius 1 is 1.00 bits per heavy atom. The van der Waals surface area contributed by atoms with E-state index in [1.54, 1.807) is 18.2 Å². The van der Waals surface area contributed by atoms with Crippen molar-refractivity contribution >= 4 is 39.5 Å². The molecule has 0 saturated heterocycles. The van der Waals surface area contributed by atoms with Gasteiger partial charge in [0.05, 0.1) is 27.3 Å². The highest BCUT2D eigenvalue weighted by Gasteiger charge is 2.09. The SMILES string of the molecule is O=C(CSc1ccc2ccccc2n1)c1ccc2[nH]c(=O)[nH]c2c1. The van der Waals surface area contributed by atoms with Crippen LogP contribution < -0.4 is 5.69 Å². The van der Waals surface area contributed by atoms with Crippen LogP contribution in [-0.2, 0) is 0 Å². The van der Waals surface area contributed by atoms with Crippen LogP contribution in [0.1, 0.15) is 10.4 Å². The molecule has 0 atom stereocenters. The molecule has 4 aromatic rings. The smallest absolute Gasteiger partial charge is 0.306 e. The van der Waals surface area contributed by atoms with E-state index in [1.165, 1.54) is 11.8 Å². The van der Waals surface area contributed by atoms with Crippen LogP contribution >= 0.6 is 11.8 Å². The van der Waals surface area contributed by atoms with Gasteiger partial charge in [-0.25, -0.2) is 9.78 Å². The molecule has 4 rings (SSSR count). The minimum Gasteiger partial charge on any atom is -0.306 e. The number of hydrogen-bond donors (Lipinski definition) is 2. The highest BCUT2D eigenvalue weighted by atomic mass is 32.2. The van der Waals surface area contributed by atoms with E-state index in [-0.39, 0.29) is 11.5 Å². The van der Waals surface area contributed by atoms with Crippen molar-refractivity contribution in [3.05, 3.63) is 70.6 Å². The first-order valence-electron chi connectivity index (χ1n) is 7.43. The zero-order valence-corrected chi connectivity index (χ0v) is 13.4. The Balaban J connectivity index is 1.52. The fourth-order valence-electron chi connectivity index (χ4n) is 2.56. The molecule has 0 unspecified atom stereocenters. The summed E-state index contributed by atoms with van der Waals surface area (Å²) in [6.07, 6.45) is 0. The molecule has 0 spiro atoms. The van der Waals surface area contributed by atoms with E-state index < -0.39 is 0 Å². The number of carbonyl (C=O) groups excluding carboxylic acids is 1. The largest absolute Gasteiger partial charge is 0.323 e. The number of pyridine rings is 1. The van der Waals surface area contributed by atoms with Gasteiger partial charge in [-0.05, 0) is 30.3 Å². The second kappa shape index (κ2) is 5.98. The third-order valence-corrected chi connectivity index (χ3v) is 4.69. The molecule has 24 heavy (non-hydrogen) atoms. The number of benzene rings is 2. The average Bonchev–Trinajstić information content (AvgIpc) is 2.98. The second-order valence-electron chi connectivity index (χ2n) is 5.39. The van der Waals surface area contributed by atoms with Crippen molar-refractivity contribution in [2.75, 3.05) is 5.75 Å². The fourth-order valence-corrected chi connectivity index (χ4v) is 3.33. The minimum atomic E-state index is -0.274. The van der Waals surface area contributed by atoms with Gasteiger partial charge < -0.3 is 9.97 Å². The number of fused-ring (bicyclic) bond motifs is 2. The number of para-hydroxylation sites is 1. The molecular weight excluding hydrogens is 322 g/mol. The minimum absolute atomic E-state index is 0.00101. The zero-order chi connectivity index (χ0) is 16.5. The van der Waals surface area contributed by atoms with Crippen LogP contribution in [0.5, 0.6) is 0 Å². The van der Waals surface area contributed by atoms with Crippen molar-refractivity contribution < 1.29 is 4.79 Å². The Hall–Kier alpha value is -2.86. The Bertz CT molecular complexity index is 1110. The first-order valence-corrected chi connectivity index (χ1v) is 8.41.